The van der Waals surface area contributed by atoms with Crippen molar-refractivity contribution in [1.82, 2.24) is 9.97 Å². The summed E-state index contributed by atoms with van der Waals surface area (Å²) in [6.45, 7) is 5.10. The number of benzene rings is 1. The van der Waals surface area contributed by atoms with Gasteiger partial charge in [0.2, 0.25) is 11.6 Å². The summed E-state index contributed by atoms with van der Waals surface area (Å²) >= 11 is 5.96. The average molecular weight is 294 g/mol. The van der Waals surface area contributed by atoms with Gasteiger partial charge in [0.15, 0.2) is 0 Å². The molecule has 0 fully saturated rings. The van der Waals surface area contributed by atoms with E-state index in [1.807, 2.05) is 0 Å². The number of rotatable bonds is 3. The predicted molar refractivity (Wildman–Crippen MR) is 74.4 cm³/mol. The van der Waals surface area contributed by atoms with Crippen molar-refractivity contribution in [2.75, 3.05) is 0 Å². The van der Waals surface area contributed by atoms with Gasteiger partial charge in [-0.15, -0.1) is 0 Å². The molecule has 2 rings (SSSR count). The van der Waals surface area contributed by atoms with Crippen molar-refractivity contribution < 1.29 is 9.66 Å². The van der Waals surface area contributed by atoms with Crippen LogP contribution in [0.2, 0.25) is 5.15 Å². The molecule has 1 aromatic heterocycles. The monoisotopic (exact) mass is 293 g/mol. The maximum atomic E-state index is 11.0. The Kier molecular flexibility index (Phi) is 3.85. The third kappa shape index (κ3) is 2.70. The summed E-state index contributed by atoms with van der Waals surface area (Å²) < 4.78 is 5.62. The highest BCUT2D eigenvalue weighted by atomic mass is 35.5. The SMILES string of the molecule is Cc1nc(Cl)c(C)c(Oc2c(C)cccc2[N+](=O)[O-])n1. The van der Waals surface area contributed by atoms with Gasteiger partial charge in [0.1, 0.15) is 11.0 Å². The van der Waals surface area contributed by atoms with Crippen LogP contribution in [0.25, 0.3) is 0 Å². The number of hydrogen-bond acceptors (Lipinski definition) is 5. The maximum absolute atomic E-state index is 11.0. The molecule has 0 aliphatic heterocycles. The number of nitrogens with zero attached hydrogens (tertiary/aromatic N) is 3. The van der Waals surface area contributed by atoms with Crippen LogP contribution in [-0.2, 0) is 0 Å². The Balaban J connectivity index is 2.53. The topological polar surface area (TPSA) is 78.2 Å². The number of nitro benzene ring substituents is 1. The van der Waals surface area contributed by atoms with Crippen molar-refractivity contribution in [2.45, 2.75) is 20.8 Å². The Morgan fingerprint density at radius 2 is 1.95 bits per heavy atom. The molecular formula is C13H12ClN3O3. The Hall–Kier alpha value is -2.21. The van der Waals surface area contributed by atoms with Gasteiger partial charge in [-0.25, -0.2) is 4.98 Å². The van der Waals surface area contributed by atoms with Crippen LogP contribution in [0.3, 0.4) is 0 Å². The van der Waals surface area contributed by atoms with E-state index in [4.69, 9.17) is 16.3 Å². The zero-order valence-electron chi connectivity index (χ0n) is 11.2. The lowest BCUT2D eigenvalue weighted by Crippen LogP contribution is -2.01. The van der Waals surface area contributed by atoms with E-state index in [9.17, 15) is 10.1 Å². The van der Waals surface area contributed by atoms with Gasteiger partial charge in [-0.3, -0.25) is 10.1 Å². The van der Waals surface area contributed by atoms with Gasteiger partial charge < -0.3 is 4.74 Å². The average Bonchev–Trinajstić information content (AvgIpc) is 2.37. The lowest BCUT2D eigenvalue weighted by atomic mass is 10.2. The van der Waals surface area contributed by atoms with Crippen molar-refractivity contribution >= 4 is 17.3 Å². The maximum Gasteiger partial charge on any atom is 0.311 e. The quantitative estimate of drug-likeness (QED) is 0.489. The van der Waals surface area contributed by atoms with Gasteiger partial charge in [0, 0.05) is 11.6 Å². The number of hydrogen-bond donors (Lipinski definition) is 0. The van der Waals surface area contributed by atoms with Gasteiger partial charge in [0.25, 0.3) is 0 Å². The summed E-state index contributed by atoms with van der Waals surface area (Å²) in [4.78, 5) is 18.7. The summed E-state index contributed by atoms with van der Waals surface area (Å²) in [5.74, 6) is 0.821. The number of para-hydroxylation sites is 1. The van der Waals surface area contributed by atoms with E-state index in [2.05, 4.69) is 9.97 Å². The molecule has 2 aromatic rings. The van der Waals surface area contributed by atoms with E-state index >= 15 is 0 Å². The zero-order chi connectivity index (χ0) is 14.9. The first-order valence-electron chi connectivity index (χ1n) is 5.82. The summed E-state index contributed by atoms with van der Waals surface area (Å²) in [7, 11) is 0. The minimum atomic E-state index is -0.493. The Morgan fingerprint density at radius 3 is 2.60 bits per heavy atom. The summed E-state index contributed by atoms with van der Waals surface area (Å²) in [5.41, 5.74) is 1.07. The summed E-state index contributed by atoms with van der Waals surface area (Å²) in [6, 6.07) is 4.71. The van der Waals surface area contributed by atoms with Crippen molar-refractivity contribution in [3.8, 4) is 11.6 Å². The second kappa shape index (κ2) is 5.42. The van der Waals surface area contributed by atoms with Crippen LogP contribution in [0.15, 0.2) is 18.2 Å². The molecule has 0 aliphatic rings. The Labute approximate surface area is 120 Å². The smallest absolute Gasteiger partial charge is 0.311 e. The first-order chi connectivity index (χ1) is 9.40. The Morgan fingerprint density at radius 1 is 1.25 bits per heavy atom. The fourth-order valence-electron chi connectivity index (χ4n) is 1.68. The van der Waals surface area contributed by atoms with Crippen molar-refractivity contribution in [2.24, 2.45) is 0 Å². The molecular weight excluding hydrogens is 282 g/mol. The van der Waals surface area contributed by atoms with Gasteiger partial charge in [-0.1, -0.05) is 23.7 Å². The number of nitro groups is 1. The molecule has 1 heterocycles. The lowest BCUT2D eigenvalue weighted by molar-refractivity contribution is -0.385. The van der Waals surface area contributed by atoms with Crippen LogP contribution in [-0.4, -0.2) is 14.9 Å². The van der Waals surface area contributed by atoms with Crippen LogP contribution in [0.4, 0.5) is 5.69 Å². The second-order valence-electron chi connectivity index (χ2n) is 4.27. The lowest BCUT2D eigenvalue weighted by Gasteiger charge is -2.11. The molecule has 0 spiro atoms. The van der Waals surface area contributed by atoms with Crippen molar-refractivity contribution in [1.29, 1.82) is 0 Å². The molecule has 7 heteroatoms. The van der Waals surface area contributed by atoms with Crippen molar-refractivity contribution in [3.05, 3.63) is 50.4 Å². The molecule has 0 N–H and O–H groups in total. The van der Waals surface area contributed by atoms with Gasteiger partial charge >= 0.3 is 5.69 Å². The molecule has 0 bridgehead atoms. The van der Waals surface area contributed by atoms with E-state index < -0.39 is 4.92 Å². The molecule has 0 saturated carbocycles. The molecule has 104 valence electrons. The van der Waals surface area contributed by atoms with Crippen molar-refractivity contribution in [3.63, 3.8) is 0 Å². The van der Waals surface area contributed by atoms with Gasteiger partial charge in [-0.05, 0) is 26.3 Å². The van der Waals surface area contributed by atoms with E-state index in [1.165, 1.54) is 6.07 Å². The molecule has 0 atom stereocenters. The first kappa shape index (κ1) is 14.2. The summed E-state index contributed by atoms with van der Waals surface area (Å²) in [6.07, 6.45) is 0. The standard InChI is InChI=1S/C13H12ClN3O3/c1-7-5-4-6-10(17(18)19)11(7)20-13-8(2)12(14)15-9(3)16-13/h4-6H,1-3H3. The fraction of sp³-hybridized carbons (Fsp3) is 0.231. The van der Waals surface area contributed by atoms with Crippen LogP contribution >= 0.6 is 11.6 Å². The largest absolute Gasteiger partial charge is 0.431 e. The number of aromatic nitrogens is 2. The fourth-order valence-corrected chi connectivity index (χ4v) is 1.88. The molecule has 1 aromatic carbocycles. The molecule has 0 unspecified atom stereocenters. The normalized spacial score (nSPS) is 10.4. The molecule has 0 saturated heterocycles. The van der Waals surface area contributed by atoms with E-state index in [-0.39, 0.29) is 22.5 Å². The molecule has 0 amide bonds. The minimum absolute atomic E-state index is 0.114. The molecule has 20 heavy (non-hydrogen) atoms. The third-order valence-corrected chi connectivity index (χ3v) is 3.11. The highest BCUT2D eigenvalue weighted by molar-refractivity contribution is 6.30. The van der Waals surface area contributed by atoms with Gasteiger partial charge in [-0.2, -0.15) is 4.98 Å². The molecule has 0 aliphatic carbocycles. The predicted octanol–water partition coefficient (Wildman–Crippen LogP) is 3.76. The zero-order valence-corrected chi connectivity index (χ0v) is 11.9. The number of halogens is 1. The van der Waals surface area contributed by atoms with E-state index in [0.29, 0.717) is 17.0 Å². The molecule has 6 nitrogen and oxygen atoms in total. The second-order valence-corrected chi connectivity index (χ2v) is 4.63. The third-order valence-electron chi connectivity index (χ3n) is 2.74. The minimum Gasteiger partial charge on any atom is -0.431 e. The van der Waals surface area contributed by atoms with E-state index in [1.54, 1.807) is 32.9 Å². The van der Waals surface area contributed by atoms with Crippen LogP contribution in [0, 0.1) is 30.9 Å². The first-order valence-corrected chi connectivity index (χ1v) is 6.20. The van der Waals surface area contributed by atoms with Crippen LogP contribution in [0.5, 0.6) is 11.6 Å². The number of ether oxygens (including phenoxy) is 1. The highest BCUT2D eigenvalue weighted by Gasteiger charge is 2.20. The summed E-state index contributed by atoms with van der Waals surface area (Å²) in [5, 5.41) is 11.3. The van der Waals surface area contributed by atoms with E-state index in [0.717, 1.165) is 0 Å². The molecule has 0 radical (unpaired) electrons. The van der Waals surface area contributed by atoms with Gasteiger partial charge in [0.05, 0.1) is 4.92 Å². The number of aryl methyl sites for hydroxylation is 2. The highest BCUT2D eigenvalue weighted by Crippen LogP contribution is 2.35. The van der Waals surface area contributed by atoms with Crippen LogP contribution < -0.4 is 4.74 Å². The van der Waals surface area contributed by atoms with Crippen LogP contribution in [0.1, 0.15) is 17.0 Å². The Bertz CT molecular complexity index is 689.